The third kappa shape index (κ3) is 4.39. The number of hydrogen-bond donors (Lipinski definition) is 0. The first-order chi connectivity index (χ1) is 25.4. The average molecular weight is 668 g/mol. The summed E-state index contributed by atoms with van der Waals surface area (Å²) in [6.45, 7) is 9.07. The topological polar surface area (TPSA) is 30.7 Å². The van der Waals surface area contributed by atoms with Crippen LogP contribution in [0.5, 0.6) is 0 Å². The van der Waals surface area contributed by atoms with Crippen LogP contribution in [0.2, 0.25) is 0 Å². The third-order valence-corrected chi connectivity index (χ3v) is 11.4. The number of para-hydroxylation sites is 1. The molecule has 2 heterocycles. The van der Waals surface area contributed by atoms with E-state index in [0.29, 0.717) is 0 Å². The van der Waals surface area contributed by atoms with E-state index in [-0.39, 0.29) is 5.41 Å². The summed E-state index contributed by atoms with van der Waals surface area (Å²) in [4.78, 5) is 9.51. The van der Waals surface area contributed by atoms with Crippen LogP contribution in [0.25, 0.3) is 88.6 Å². The molecule has 52 heavy (non-hydrogen) atoms. The molecule has 0 atom stereocenters. The second kappa shape index (κ2) is 11.3. The van der Waals surface area contributed by atoms with Crippen LogP contribution in [-0.4, -0.2) is 14.5 Å². The molecule has 0 unspecified atom stereocenters. The molecule has 0 N–H and O–H groups in total. The maximum Gasteiger partial charge on any atom is 0.0971 e. The molecule has 1 aliphatic rings. The van der Waals surface area contributed by atoms with E-state index in [9.17, 15) is 0 Å². The first-order valence-corrected chi connectivity index (χ1v) is 18.1. The van der Waals surface area contributed by atoms with Gasteiger partial charge in [0, 0.05) is 45.3 Å². The van der Waals surface area contributed by atoms with E-state index < -0.39 is 0 Å². The fourth-order valence-corrected chi connectivity index (χ4v) is 8.77. The normalized spacial score (nSPS) is 13.5. The van der Waals surface area contributed by atoms with Crippen molar-refractivity contribution in [2.75, 3.05) is 0 Å². The molecular formula is C49H37N3. The van der Waals surface area contributed by atoms with Crippen molar-refractivity contribution in [3.8, 4) is 39.1 Å². The largest absolute Gasteiger partial charge is 0.310 e. The quantitative estimate of drug-likeness (QED) is 0.175. The summed E-state index contributed by atoms with van der Waals surface area (Å²) in [5, 5.41) is 5.97. The highest BCUT2D eigenvalue weighted by molar-refractivity contribution is 6.23. The molecule has 0 aliphatic heterocycles. The van der Waals surface area contributed by atoms with E-state index in [4.69, 9.17) is 9.97 Å². The number of fused-ring (bicyclic) bond motifs is 10. The van der Waals surface area contributed by atoms with Crippen LogP contribution >= 0.6 is 0 Å². The molecule has 2 aromatic heterocycles. The summed E-state index contributed by atoms with van der Waals surface area (Å²) in [5.74, 6) is 0. The molecule has 10 rings (SSSR count). The molecule has 0 radical (unpaired) electrons. The predicted octanol–water partition coefficient (Wildman–Crippen LogP) is 12.9. The Bertz CT molecular complexity index is 2910. The Morgan fingerprint density at radius 3 is 1.83 bits per heavy atom. The summed E-state index contributed by atoms with van der Waals surface area (Å²) in [6, 6.07) is 47.0. The molecule has 9 aromatic rings. The maximum atomic E-state index is 4.78. The lowest BCUT2D eigenvalue weighted by Crippen LogP contribution is -2.15. The minimum atomic E-state index is -0.143. The van der Waals surface area contributed by atoms with Crippen molar-refractivity contribution < 1.29 is 0 Å². The van der Waals surface area contributed by atoms with Gasteiger partial charge in [0.1, 0.15) is 0 Å². The fraction of sp³-hybridized carbons (Fsp3) is 0.102. The van der Waals surface area contributed by atoms with E-state index in [2.05, 4.69) is 172 Å². The number of allylic oxidation sites excluding steroid dienone is 1. The van der Waals surface area contributed by atoms with E-state index in [0.717, 1.165) is 21.8 Å². The lowest BCUT2D eigenvalue weighted by molar-refractivity contribution is 0.660. The van der Waals surface area contributed by atoms with E-state index >= 15 is 0 Å². The van der Waals surface area contributed by atoms with Crippen molar-refractivity contribution >= 4 is 49.6 Å². The van der Waals surface area contributed by atoms with Crippen LogP contribution in [0.3, 0.4) is 0 Å². The molecule has 248 valence electrons. The van der Waals surface area contributed by atoms with Crippen molar-refractivity contribution in [1.82, 2.24) is 14.5 Å². The minimum Gasteiger partial charge on any atom is -0.310 e. The lowest BCUT2D eigenvalue weighted by Gasteiger charge is -2.23. The first-order valence-electron chi connectivity index (χ1n) is 18.1. The monoisotopic (exact) mass is 667 g/mol. The van der Waals surface area contributed by atoms with Crippen molar-refractivity contribution in [3.05, 3.63) is 168 Å². The van der Waals surface area contributed by atoms with E-state index in [1.54, 1.807) is 12.4 Å². The Hall–Kier alpha value is -6.32. The molecule has 0 saturated carbocycles. The number of benzene rings is 7. The van der Waals surface area contributed by atoms with Gasteiger partial charge in [-0.05, 0) is 111 Å². The maximum absolute atomic E-state index is 4.78. The number of nitrogens with zero attached hydrogens (tertiary/aromatic N) is 3. The van der Waals surface area contributed by atoms with Crippen molar-refractivity contribution in [2.45, 2.75) is 33.1 Å². The van der Waals surface area contributed by atoms with Crippen molar-refractivity contribution in [3.63, 3.8) is 0 Å². The Morgan fingerprint density at radius 1 is 0.538 bits per heavy atom. The van der Waals surface area contributed by atoms with Crippen LogP contribution in [0.15, 0.2) is 146 Å². The van der Waals surface area contributed by atoms with Crippen LogP contribution < -0.4 is 0 Å². The molecule has 3 heteroatoms. The second-order valence-corrected chi connectivity index (χ2v) is 14.6. The summed E-state index contributed by atoms with van der Waals surface area (Å²) >= 11 is 0. The van der Waals surface area contributed by atoms with Crippen LogP contribution in [-0.2, 0) is 5.41 Å². The van der Waals surface area contributed by atoms with Gasteiger partial charge in [0.25, 0.3) is 0 Å². The van der Waals surface area contributed by atoms with Gasteiger partial charge in [-0.2, -0.15) is 0 Å². The molecule has 0 saturated heterocycles. The first kappa shape index (κ1) is 30.5. The highest BCUT2D eigenvalue weighted by atomic mass is 15.0. The van der Waals surface area contributed by atoms with Gasteiger partial charge in [-0.15, -0.1) is 0 Å². The third-order valence-electron chi connectivity index (χ3n) is 11.4. The van der Waals surface area contributed by atoms with Gasteiger partial charge < -0.3 is 4.57 Å². The molecule has 0 spiro atoms. The lowest BCUT2D eigenvalue weighted by atomic mass is 9.81. The summed E-state index contributed by atoms with van der Waals surface area (Å²) in [7, 11) is 0. The van der Waals surface area contributed by atoms with E-state index in [1.165, 1.54) is 83.1 Å². The molecular weight excluding hydrogens is 631 g/mol. The molecule has 3 nitrogen and oxygen atoms in total. The molecule has 0 amide bonds. The Balaban J connectivity index is 1.01. The molecule has 0 bridgehead atoms. The van der Waals surface area contributed by atoms with Gasteiger partial charge in [-0.25, -0.2) is 0 Å². The van der Waals surface area contributed by atoms with E-state index in [1.807, 2.05) is 0 Å². The van der Waals surface area contributed by atoms with Gasteiger partial charge in [0.2, 0.25) is 0 Å². The van der Waals surface area contributed by atoms with Gasteiger partial charge in [-0.1, -0.05) is 117 Å². The zero-order chi connectivity index (χ0) is 35.1. The summed E-state index contributed by atoms with van der Waals surface area (Å²) in [6.07, 6.45) is 7.95. The average Bonchev–Trinajstić information content (AvgIpc) is 3.60. The zero-order valence-electron chi connectivity index (χ0n) is 29.8. The molecule has 1 aliphatic carbocycles. The highest BCUT2D eigenvalue weighted by Gasteiger charge is 2.36. The predicted molar refractivity (Wildman–Crippen MR) is 219 cm³/mol. The Kier molecular flexibility index (Phi) is 6.65. The standard InChI is InChI=1S/C49H37N3/c1-5-10-45-30(2)36-11-8-9-14-46(36)52(45)35-21-24-40-39-23-20-34(28-43(39)49(3,4)44(40)29-35)32-17-15-31(16-18-32)33-19-22-38-37-12-6-7-13-41(37)47-48(42(38)27-33)51-26-25-50-47/h5-29H,1-4H3/b10-5-. The molecule has 7 aromatic carbocycles. The van der Waals surface area contributed by atoms with Gasteiger partial charge >= 0.3 is 0 Å². The van der Waals surface area contributed by atoms with Crippen LogP contribution in [0.4, 0.5) is 0 Å². The zero-order valence-corrected chi connectivity index (χ0v) is 29.8. The smallest absolute Gasteiger partial charge is 0.0971 e. The van der Waals surface area contributed by atoms with Crippen LogP contribution in [0, 0.1) is 6.92 Å². The molecule has 0 fully saturated rings. The summed E-state index contributed by atoms with van der Waals surface area (Å²) in [5.41, 5.74) is 16.9. The van der Waals surface area contributed by atoms with Crippen LogP contribution in [0.1, 0.15) is 43.2 Å². The Labute approximate surface area is 303 Å². The highest BCUT2D eigenvalue weighted by Crippen LogP contribution is 2.50. The van der Waals surface area contributed by atoms with Crippen molar-refractivity contribution in [2.24, 2.45) is 0 Å². The number of rotatable bonds is 4. The number of aryl methyl sites for hydroxylation is 1. The second-order valence-electron chi connectivity index (χ2n) is 14.6. The fourth-order valence-electron chi connectivity index (χ4n) is 8.77. The number of hydrogen-bond acceptors (Lipinski definition) is 2. The summed E-state index contributed by atoms with van der Waals surface area (Å²) < 4.78 is 2.42. The van der Waals surface area contributed by atoms with Gasteiger partial charge in [0.05, 0.1) is 16.6 Å². The van der Waals surface area contributed by atoms with Crippen molar-refractivity contribution in [1.29, 1.82) is 0 Å². The number of aromatic nitrogens is 3. The van der Waals surface area contributed by atoms with Gasteiger partial charge in [-0.3, -0.25) is 9.97 Å². The SMILES string of the molecule is C/C=C\c1c(C)c2ccccc2n1-c1ccc2c(c1)C(C)(C)c1cc(-c3ccc(-c4ccc5c6ccccc6c6nccnc6c5c4)cc3)ccc1-2. The minimum absolute atomic E-state index is 0.143. The van der Waals surface area contributed by atoms with Gasteiger partial charge in [0.15, 0.2) is 0 Å². The Morgan fingerprint density at radius 2 is 1.10 bits per heavy atom.